The molecule has 1 amide bonds. The van der Waals surface area contributed by atoms with Gasteiger partial charge in [-0.25, -0.2) is 0 Å². The third kappa shape index (κ3) is 2.93. The average Bonchev–Trinajstić information content (AvgIpc) is 2.81. The largest absolute Gasteiger partial charge is 0.399 e. The maximum Gasteiger partial charge on any atom is 0.256 e. The van der Waals surface area contributed by atoms with E-state index in [9.17, 15) is 4.79 Å². The molecular formula is C14H18N4O. The van der Waals surface area contributed by atoms with Gasteiger partial charge in [0.15, 0.2) is 5.82 Å². The molecule has 4 N–H and O–H groups in total. The fraction of sp³-hybridized carbons (Fsp3) is 0.286. The molecule has 5 nitrogen and oxygen atoms in total. The van der Waals surface area contributed by atoms with Crippen molar-refractivity contribution in [2.75, 3.05) is 11.1 Å². The molecule has 1 aromatic heterocycles. The van der Waals surface area contributed by atoms with Crippen LogP contribution in [0.4, 0.5) is 11.5 Å². The Kier molecular flexibility index (Phi) is 3.55. The summed E-state index contributed by atoms with van der Waals surface area (Å²) >= 11 is 0. The molecule has 100 valence electrons. The molecule has 0 atom stereocenters. The predicted molar refractivity (Wildman–Crippen MR) is 76.2 cm³/mol. The molecule has 1 heterocycles. The number of hydrogen-bond acceptors (Lipinski definition) is 3. The molecule has 0 spiro atoms. The standard InChI is InChI=1S/C14H18N4O/c1-8(2)12-7-13(18-17-12)16-14(19)10-4-5-11(15)9(3)6-10/h4-8H,15H2,1-3H3,(H2,16,17,18,19). The second kappa shape index (κ2) is 5.14. The summed E-state index contributed by atoms with van der Waals surface area (Å²) in [5, 5.41) is 9.72. The number of nitrogens with two attached hydrogens (primary N) is 1. The Bertz CT molecular complexity index is 601. The summed E-state index contributed by atoms with van der Waals surface area (Å²) in [6.07, 6.45) is 0. The van der Waals surface area contributed by atoms with Crippen molar-refractivity contribution in [3.8, 4) is 0 Å². The van der Waals surface area contributed by atoms with Gasteiger partial charge in [0.25, 0.3) is 5.91 Å². The average molecular weight is 258 g/mol. The van der Waals surface area contributed by atoms with E-state index >= 15 is 0 Å². The molecule has 0 bridgehead atoms. The van der Waals surface area contributed by atoms with Crippen molar-refractivity contribution in [3.63, 3.8) is 0 Å². The number of benzene rings is 1. The van der Waals surface area contributed by atoms with Crippen molar-refractivity contribution in [1.29, 1.82) is 0 Å². The van der Waals surface area contributed by atoms with Gasteiger partial charge in [0, 0.05) is 23.0 Å². The van der Waals surface area contributed by atoms with E-state index in [4.69, 9.17) is 5.73 Å². The Labute approximate surface area is 112 Å². The first-order chi connectivity index (χ1) is 8.97. The van der Waals surface area contributed by atoms with Gasteiger partial charge in [-0.05, 0) is 36.6 Å². The SMILES string of the molecule is Cc1cc(C(=O)Nc2cc(C(C)C)[nH]n2)ccc1N. The molecule has 0 aliphatic heterocycles. The maximum absolute atomic E-state index is 12.1. The van der Waals surface area contributed by atoms with Crippen molar-refractivity contribution < 1.29 is 4.79 Å². The van der Waals surface area contributed by atoms with E-state index in [-0.39, 0.29) is 5.91 Å². The zero-order valence-corrected chi connectivity index (χ0v) is 11.3. The Morgan fingerprint density at radius 3 is 2.68 bits per heavy atom. The number of H-pyrrole nitrogens is 1. The Morgan fingerprint density at radius 1 is 1.37 bits per heavy atom. The van der Waals surface area contributed by atoms with Crippen LogP contribution in [-0.2, 0) is 0 Å². The van der Waals surface area contributed by atoms with Crippen LogP contribution in [-0.4, -0.2) is 16.1 Å². The van der Waals surface area contributed by atoms with Gasteiger partial charge in [-0.15, -0.1) is 0 Å². The molecule has 2 aromatic rings. The number of aryl methyl sites for hydroxylation is 1. The summed E-state index contributed by atoms with van der Waals surface area (Å²) in [5.41, 5.74) is 8.85. The molecule has 0 aliphatic rings. The second-order valence-electron chi connectivity index (χ2n) is 4.89. The van der Waals surface area contributed by atoms with Crippen molar-refractivity contribution >= 4 is 17.4 Å². The number of hydrogen-bond donors (Lipinski definition) is 3. The van der Waals surface area contributed by atoms with Gasteiger partial charge in [-0.2, -0.15) is 5.10 Å². The summed E-state index contributed by atoms with van der Waals surface area (Å²) in [6, 6.07) is 7.04. The van der Waals surface area contributed by atoms with Crippen LogP contribution in [0, 0.1) is 6.92 Å². The smallest absolute Gasteiger partial charge is 0.256 e. The Hall–Kier alpha value is -2.30. The van der Waals surface area contributed by atoms with E-state index in [0.717, 1.165) is 11.3 Å². The van der Waals surface area contributed by atoms with Crippen molar-refractivity contribution in [2.45, 2.75) is 26.7 Å². The van der Waals surface area contributed by atoms with Crippen LogP contribution in [0.15, 0.2) is 24.3 Å². The first-order valence-corrected chi connectivity index (χ1v) is 6.20. The van der Waals surface area contributed by atoms with E-state index < -0.39 is 0 Å². The minimum Gasteiger partial charge on any atom is -0.399 e. The summed E-state index contributed by atoms with van der Waals surface area (Å²) in [6.45, 7) is 5.99. The van der Waals surface area contributed by atoms with Crippen molar-refractivity contribution in [2.24, 2.45) is 0 Å². The van der Waals surface area contributed by atoms with Crippen molar-refractivity contribution in [1.82, 2.24) is 10.2 Å². The molecule has 0 saturated carbocycles. The summed E-state index contributed by atoms with van der Waals surface area (Å²) in [4.78, 5) is 12.1. The highest BCUT2D eigenvalue weighted by Crippen LogP contribution is 2.17. The first-order valence-electron chi connectivity index (χ1n) is 6.20. The number of rotatable bonds is 3. The Morgan fingerprint density at radius 2 is 2.11 bits per heavy atom. The molecular weight excluding hydrogens is 240 g/mol. The van der Waals surface area contributed by atoms with E-state index in [0.29, 0.717) is 23.0 Å². The van der Waals surface area contributed by atoms with Gasteiger partial charge in [-0.3, -0.25) is 9.89 Å². The minimum atomic E-state index is -0.190. The monoisotopic (exact) mass is 258 g/mol. The van der Waals surface area contributed by atoms with Gasteiger partial charge in [-0.1, -0.05) is 13.8 Å². The van der Waals surface area contributed by atoms with Crippen LogP contribution in [0.1, 0.15) is 41.4 Å². The topological polar surface area (TPSA) is 83.8 Å². The number of nitrogens with one attached hydrogen (secondary N) is 2. The van der Waals surface area contributed by atoms with Crippen LogP contribution in [0.25, 0.3) is 0 Å². The lowest BCUT2D eigenvalue weighted by molar-refractivity contribution is 0.102. The molecule has 19 heavy (non-hydrogen) atoms. The number of nitrogens with zero attached hydrogens (tertiary/aromatic N) is 1. The number of aromatic amines is 1. The molecule has 2 rings (SSSR count). The molecule has 0 saturated heterocycles. The second-order valence-corrected chi connectivity index (χ2v) is 4.89. The molecule has 0 unspecified atom stereocenters. The van der Waals surface area contributed by atoms with Gasteiger partial charge >= 0.3 is 0 Å². The lowest BCUT2D eigenvalue weighted by atomic mass is 10.1. The van der Waals surface area contributed by atoms with E-state index in [1.807, 2.05) is 13.0 Å². The molecule has 0 radical (unpaired) electrons. The summed E-state index contributed by atoms with van der Waals surface area (Å²) in [5.74, 6) is 0.685. The molecule has 0 aliphatic carbocycles. The van der Waals surface area contributed by atoms with Crippen LogP contribution in [0.2, 0.25) is 0 Å². The van der Waals surface area contributed by atoms with Gasteiger partial charge < -0.3 is 11.1 Å². The Balaban J connectivity index is 2.13. The third-order valence-electron chi connectivity index (χ3n) is 2.99. The lowest BCUT2D eigenvalue weighted by Crippen LogP contribution is -2.12. The third-order valence-corrected chi connectivity index (χ3v) is 2.99. The number of anilines is 2. The fourth-order valence-corrected chi connectivity index (χ4v) is 1.70. The predicted octanol–water partition coefficient (Wildman–Crippen LogP) is 2.68. The van der Waals surface area contributed by atoms with Crippen LogP contribution < -0.4 is 11.1 Å². The van der Waals surface area contributed by atoms with Gasteiger partial charge in [0.1, 0.15) is 0 Å². The quantitative estimate of drug-likeness (QED) is 0.740. The normalized spacial score (nSPS) is 10.7. The van der Waals surface area contributed by atoms with E-state index in [1.54, 1.807) is 18.2 Å². The van der Waals surface area contributed by atoms with Crippen LogP contribution in [0.5, 0.6) is 0 Å². The molecule has 1 aromatic carbocycles. The highest BCUT2D eigenvalue weighted by atomic mass is 16.1. The number of nitrogen functional groups attached to an aromatic ring is 1. The van der Waals surface area contributed by atoms with Gasteiger partial charge in [0.2, 0.25) is 0 Å². The van der Waals surface area contributed by atoms with Gasteiger partial charge in [0.05, 0.1) is 0 Å². The fourth-order valence-electron chi connectivity index (χ4n) is 1.70. The number of carbonyl (C=O) groups is 1. The highest BCUT2D eigenvalue weighted by Gasteiger charge is 2.10. The van der Waals surface area contributed by atoms with Crippen LogP contribution >= 0.6 is 0 Å². The number of aromatic nitrogens is 2. The van der Waals surface area contributed by atoms with Crippen LogP contribution in [0.3, 0.4) is 0 Å². The highest BCUT2D eigenvalue weighted by molar-refractivity contribution is 6.04. The summed E-state index contributed by atoms with van der Waals surface area (Å²) in [7, 11) is 0. The zero-order valence-electron chi connectivity index (χ0n) is 11.3. The lowest BCUT2D eigenvalue weighted by Gasteiger charge is -2.04. The van der Waals surface area contributed by atoms with E-state index in [1.165, 1.54) is 0 Å². The zero-order chi connectivity index (χ0) is 14.0. The molecule has 0 fully saturated rings. The molecule has 5 heteroatoms. The van der Waals surface area contributed by atoms with Crippen molar-refractivity contribution in [3.05, 3.63) is 41.1 Å². The minimum absolute atomic E-state index is 0.190. The first kappa shape index (κ1) is 13.1. The summed E-state index contributed by atoms with van der Waals surface area (Å²) < 4.78 is 0. The number of carbonyl (C=O) groups excluding carboxylic acids is 1. The number of amides is 1. The van der Waals surface area contributed by atoms with E-state index in [2.05, 4.69) is 29.4 Å². The maximum atomic E-state index is 12.1.